The average Bonchev–Trinajstić information content (AvgIpc) is 3.02. The van der Waals surface area contributed by atoms with Gasteiger partial charge in [0.15, 0.2) is 5.69 Å². The van der Waals surface area contributed by atoms with Crippen molar-refractivity contribution in [3.63, 3.8) is 0 Å². The Morgan fingerprint density at radius 1 is 0.955 bits per heavy atom. The molecule has 106 valence electrons. The minimum absolute atomic E-state index is 0.130. The molecule has 0 saturated carbocycles. The predicted octanol–water partition coefficient (Wildman–Crippen LogP) is 2.07. The lowest BCUT2D eigenvalue weighted by Gasteiger charge is -2.09. The van der Waals surface area contributed by atoms with E-state index >= 15 is 0 Å². The second-order valence-electron chi connectivity index (χ2n) is 4.91. The van der Waals surface area contributed by atoms with Gasteiger partial charge in [-0.3, -0.25) is 4.79 Å². The second kappa shape index (κ2) is 4.63. The van der Waals surface area contributed by atoms with Gasteiger partial charge in [0.1, 0.15) is 0 Å². The van der Waals surface area contributed by atoms with Crippen molar-refractivity contribution in [2.45, 2.75) is 0 Å². The van der Waals surface area contributed by atoms with Gasteiger partial charge in [-0.05, 0) is 12.1 Å². The molecule has 0 fully saturated rings. The summed E-state index contributed by atoms with van der Waals surface area (Å²) in [4.78, 5) is 15.9. The van der Waals surface area contributed by atoms with Gasteiger partial charge >= 0.3 is 0 Å². The monoisotopic (exact) mass is 289 g/mol. The number of aromatic nitrogens is 4. The van der Waals surface area contributed by atoms with Gasteiger partial charge in [-0.15, -0.1) is 5.10 Å². The first-order valence-corrected chi connectivity index (χ1v) is 6.74. The lowest BCUT2D eigenvalue weighted by Crippen LogP contribution is -2.11. The van der Waals surface area contributed by atoms with Crippen LogP contribution in [-0.2, 0) is 0 Å². The number of nitrogens with zero attached hydrogens (tertiary/aromatic N) is 4. The minimum Gasteiger partial charge on any atom is -0.364 e. The number of rotatable bonds is 2. The maximum atomic E-state index is 11.3. The molecule has 0 spiro atoms. The normalized spacial score (nSPS) is 11.1. The molecule has 22 heavy (non-hydrogen) atoms. The summed E-state index contributed by atoms with van der Waals surface area (Å²) in [5, 5.41) is 9.73. The Labute approximate surface area is 125 Å². The summed E-state index contributed by atoms with van der Waals surface area (Å²) in [6, 6.07) is 15.6. The molecule has 2 heterocycles. The van der Waals surface area contributed by atoms with Crippen LogP contribution >= 0.6 is 0 Å². The van der Waals surface area contributed by atoms with Crippen LogP contribution in [0.2, 0.25) is 0 Å². The van der Waals surface area contributed by atoms with Crippen molar-refractivity contribution in [3.05, 3.63) is 60.4 Å². The van der Waals surface area contributed by atoms with Gasteiger partial charge in [0.25, 0.3) is 5.91 Å². The standard InChI is InChI=1S/C16H11N5O/c17-16(22)14-9-21(20-19-14)15-10-5-1-3-7-12(10)18-13-8-4-2-6-11(13)15/h1-9H,(H2,17,22). The van der Waals surface area contributed by atoms with Crippen LogP contribution in [-0.4, -0.2) is 25.9 Å². The first kappa shape index (κ1) is 12.5. The Bertz CT molecular complexity index is 967. The van der Waals surface area contributed by atoms with E-state index in [9.17, 15) is 4.79 Å². The molecule has 0 aliphatic heterocycles. The van der Waals surface area contributed by atoms with Crippen LogP contribution in [0.4, 0.5) is 0 Å². The first-order chi connectivity index (χ1) is 10.7. The summed E-state index contributed by atoms with van der Waals surface area (Å²) in [7, 11) is 0. The van der Waals surface area contributed by atoms with Crippen molar-refractivity contribution in [2.75, 3.05) is 0 Å². The molecule has 0 atom stereocenters. The molecule has 2 aromatic heterocycles. The van der Waals surface area contributed by atoms with Crippen LogP contribution in [0.15, 0.2) is 54.7 Å². The van der Waals surface area contributed by atoms with Crippen LogP contribution in [0.1, 0.15) is 10.5 Å². The quantitative estimate of drug-likeness (QED) is 0.572. The summed E-state index contributed by atoms with van der Waals surface area (Å²) in [5.74, 6) is -0.603. The van der Waals surface area contributed by atoms with Crippen molar-refractivity contribution in [3.8, 4) is 5.69 Å². The van der Waals surface area contributed by atoms with Crippen molar-refractivity contribution in [1.29, 1.82) is 0 Å². The molecule has 0 radical (unpaired) electrons. The highest BCUT2D eigenvalue weighted by Gasteiger charge is 2.14. The maximum Gasteiger partial charge on any atom is 0.270 e. The summed E-state index contributed by atoms with van der Waals surface area (Å²) < 4.78 is 1.58. The molecular formula is C16H11N5O. The zero-order valence-electron chi connectivity index (χ0n) is 11.5. The van der Waals surface area contributed by atoms with E-state index in [0.29, 0.717) is 0 Å². The fraction of sp³-hybridized carbons (Fsp3) is 0. The van der Waals surface area contributed by atoms with E-state index in [-0.39, 0.29) is 5.69 Å². The fourth-order valence-electron chi connectivity index (χ4n) is 2.55. The van der Waals surface area contributed by atoms with Crippen LogP contribution in [0.25, 0.3) is 27.5 Å². The number of fused-ring (bicyclic) bond motifs is 2. The number of carbonyl (C=O) groups is 1. The molecule has 0 unspecified atom stereocenters. The molecule has 2 aromatic carbocycles. The van der Waals surface area contributed by atoms with Crippen molar-refractivity contribution in [2.24, 2.45) is 5.73 Å². The number of nitrogens with two attached hydrogens (primary N) is 1. The SMILES string of the molecule is NC(=O)c1cn(-c2c3ccccc3nc3ccccc23)nn1. The van der Waals surface area contributed by atoms with Gasteiger partial charge < -0.3 is 5.73 Å². The van der Waals surface area contributed by atoms with Crippen molar-refractivity contribution in [1.82, 2.24) is 20.0 Å². The predicted molar refractivity (Wildman–Crippen MR) is 82.7 cm³/mol. The molecule has 2 N–H and O–H groups in total. The summed E-state index contributed by atoms with van der Waals surface area (Å²) in [6.07, 6.45) is 1.54. The molecule has 6 heteroatoms. The van der Waals surface area contributed by atoms with Crippen molar-refractivity contribution < 1.29 is 4.79 Å². The number of para-hydroxylation sites is 2. The van der Waals surface area contributed by atoms with Crippen LogP contribution in [0.5, 0.6) is 0 Å². The van der Waals surface area contributed by atoms with Gasteiger partial charge in [-0.1, -0.05) is 41.6 Å². The molecule has 4 aromatic rings. The van der Waals surface area contributed by atoms with Crippen LogP contribution in [0, 0.1) is 0 Å². The molecule has 0 aliphatic rings. The summed E-state index contributed by atoms with van der Waals surface area (Å²) in [5.41, 5.74) is 7.94. The van der Waals surface area contributed by atoms with E-state index in [2.05, 4.69) is 15.3 Å². The average molecular weight is 289 g/mol. The molecule has 0 aliphatic carbocycles. The van der Waals surface area contributed by atoms with E-state index in [1.165, 1.54) is 6.20 Å². The number of primary amides is 1. The van der Waals surface area contributed by atoms with E-state index < -0.39 is 5.91 Å². The molecule has 0 saturated heterocycles. The molecule has 0 bridgehead atoms. The Morgan fingerprint density at radius 2 is 1.55 bits per heavy atom. The minimum atomic E-state index is -0.603. The number of carbonyl (C=O) groups excluding carboxylic acids is 1. The van der Waals surface area contributed by atoms with Crippen molar-refractivity contribution >= 4 is 27.7 Å². The highest BCUT2D eigenvalue weighted by molar-refractivity contribution is 6.03. The third kappa shape index (κ3) is 1.81. The third-order valence-corrected chi connectivity index (χ3v) is 3.53. The molecular weight excluding hydrogens is 278 g/mol. The van der Waals surface area contributed by atoms with Crippen LogP contribution in [0.3, 0.4) is 0 Å². The Morgan fingerprint density at radius 3 is 2.09 bits per heavy atom. The highest BCUT2D eigenvalue weighted by Crippen LogP contribution is 2.28. The Hall–Kier alpha value is -3.28. The number of hydrogen-bond donors (Lipinski definition) is 1. The molecule has 4 rings (SSSR count). The second-order valence-corrected chi connectivity index (χ2v) is 4.91. The number of pyridine rings is 1. The molecule has 1 amide bonds. The lowest BCUT2D eigenvalue weighted by molar-refractivity contribution is 0.0995. The molecule has 6 nitrogen and oxygen atoms in total. The summed E-state index contributed by atoms with van der Waals surface area (Å²) in [6.45, 7) is 0. The number of benzene rings is 2. The first-order valence-electron chi connectivity index (χ1n) is 6.74. The zero-order chi connectivity index (χ0) is 15.1. The lowest BCUT2D eigenvalue weighted by atomic mass is 10.1. The number of amides is 1. The van der Waals surface area contributed by atoms with E-state index in [4.69, 9.17) is 5.73 Å². The zero-order valence-corrected chi connectivity index (χ0v) is 11.5. The van der Waals surface area contributed by atoms with Gasteiger partial charge in [-0.2, -0.15) is 0 Å². The number of hydrogen-bond acceptors (Lipinski definition) is 4. The van der Waals surface area contributed by atoms with Crippen LogP contribution < -0.4 is 5.73 Å². The van der Waals surface area contributed by atoms with Gasteiger partial charge in [0.05, 0.1) is 22.9 Å². The largest absolute Gasteiger partial charge is 0.364 e. The highest BCUT2D eigenvalue weighted by atomic mass is 16.1. The Kier molecular flexibility index (Phi) is 2.62. The third-order valence-electron chi connectivity index (χ3n) is 3.53. The van der Waals surface area contributed by atoms with E-state index in [0.717, 1.165) is 27.5 Å². The van der Waals surface area contributed by atoms with Gasteiger partial charge in [0.2, 0.25) is 0 Å². The van der Waals surface area contributed by atoms with Gasteiger partial charge in [0, 0.05) is 10.8 Å². The van der Waals surface area contributed by atoms with E-state index in [1.54, 1.807) is 4.68 Å². The maximum absolute atomic E-state index is 11.3. The summed E-state index contributed by atoms with van der Waals surface area (Å²) >= 11 is 0. The topological polar surface area (TPSA) is 86.7 Å². The Balaban J connectivity index is 2.13. The fourth-order valence-corrected chi connectivity index (χ4v) is 2.55. The van der Waals surface area contributed by atoms with E-state index in [1.807, 2.05) is 48.5 Å². The smallest absolute Gasteiger partial charge is 0.270 e. The van der Waals surface area contributed by atoms with Gasteiger partial charge in [-0.25, -0.2) is 9.67 Å².